The first kappa shape index (κ1) is 14.0. The summed E-state index contributed by atoms with van der Waals surface area (Å²) in [5.74, 6) is -1.56. The molecule has 0 radical (unpaired) electrons. The molecular weight excluding hydrogens is 266 g/mol. The average Bonchev–Trinajstić information content (AvgIpc) is 2.93. The van der Waals surface area contributed by atoms with Gasteiger partial charge in [0.1, 0.15) is 11.2 Å². The summed E-state index contributed by atoms with van der Waals surface area (Å²) in [4.78, 5) is 35.2. The number of nitro groups is 1. The van der Waals surface area contributed by atoms with Crippen LogP contribution in [0.2, 0.25) is 0 Å². The van der Waals surface area contributed by atoms with Crippen molar-refractivity contribution in [2.24, 2.45) is 7.05 Å². The molecule has 1 amide bonds. The highest BCUT2D eigenvalue weighted by Gasteiger charge is 2.46. The van der Waals surface area contributed by atoms with E-state index in [1.54, 1.807) is 0 Å². The van der Waals surface area contributed by atoms with Crippen molar-refractivity contribution in [1.29, 1.82) is 0 Å². The average molecular weight is 281 g/mol. The van der Waals surface area contributed by atoms with Crippen molar-refractivity contribution in [2.45, 2.75) is 25.3 Å². The van der Waals surface area contributed by atoms with Gasteiger partial charge >= 0.3 is 5.97 Å². The van der Waals surface area contributed by atoms with Crippen LogP contribution in [0.1, 0.15) is 30.3 Å². The highest BCUT2D eigenvalue weighted by molar-refractivity contribution is 5.97. The molecule has 0 aliphatic carbocycles. The Balaban J connectivity index is 2.36. The monoisotopic (exact) mass is 281 g/mol. The van der Waals surface area contributed by atoms with Crippen molar-refractivity contribution in [2.75, 3.05) is 6.54 Å². The summed E-state index contributed by atoms with van der Waals surface area (Å²) in [7, 11) is 1.52. The maximum absolute atomic E-state index is 12.4. The van der Waals surface area contributed by atoms with Gasteiger partial charge in [0.15, 0.2) is 0 Å². The molecule has 1 fully saturated rings. The topological polar surface area (TPSA) is 106 Å². The van der Waals surface area contributed by atoms with Crippen molar-refractivity contribution in [3.05, 3.63) is 28.1 Å². The number of carboxylic acids is 1. The molecule has 1 N–H and O–H groups in total. The van der Waals surface area contributed by atoms with Crippen LogP contribution in [0.3, 0.4) is 0 Å². The number of hydrogen-bond donors (Lipinski definition) is 1. The van der Waals surface area contributed by atoms with Gasteiger partial charge in [0.25, 0.3) is 11.6 Å². The third-order valence-electron chi connectivity index (χ3n) is 3.77. The first-order valence-corrected chi connectivity index (χ1v) is 6.13. The minimum atomic E-state index is -1.25. The summed E-state index contributed by atoms with van der Waals surface area (Å²) in [6.07, 6.45) is 2.21. The molecule has 1 unspecified atom stereocenters. The Morgan fingerprint density at radius 1 is 1.50 bits per heavy atom. The highest BCUT2D eigenvalue weighted by atomic mass is 16.6. The third-order valence-corrected chi connectivity index (χ3v) is 3.77. The SMILES string of the molecule is Cn1cc([N+](=O)[O-])cc1C(=O)N1CCCC1(C)C(=O)O. The van der Waals surface area contributed by atoms with Crippen LogP contribution in [0.15, 0.2) is 12.3 Å². The molecule has 8 nitrogen and oxygen atoms in total. The van der Waals surface area contributed by atoms with E-state index in [4.69, 9.17) is 0 Å². The zero-order valence-corrected chi connectivity index (χ0v) is 11.2. The first-order chi connectivity index (χ1) is 9.27. The number of nitrogens with zero attached hydrogens (tertiary/aromatic N) is 3. The van der Waals surface area contributed by atoms with Gasteiger partial charge in [0, 0.05) is 19.7 Å². The molecule has 0 spiro atoms. The number of carbonyl (C=O) groups excluding carboxylic acids is 1. The van der Waals surface area contributed by atoms with E-state index in [2.05, 4.69) is 0 Å². The van der Waals surface area contributed by atoms with E-state index in [0.29, 0.717) is 19.4 Å². The van der Waals surface area contributed by atoms with Gasteiger partial charge < -0.3 is 14.6 Å². The lowest BCUT2D eigenvalue weighted by atomic mass is 9.99. The van der Waals surface area contributed by atoms with Crippen LogP contribution in [0.25, 0.3) is 0 Å². The van der Waals surface area contributed by atoms with Crippen LogP contribution >= 0.6 is 0 Å². The summed E-state index contributed by atoms with van der Waals surface area (Å²) >= 11 is 0. The van der Waals surface area contributed by atoms with Crippen molar-refractivity contribution in [3.63, 3.8) is 0 Å². The maximum atomic E-state index is 12.4. The van der Waals surface area contributed by atoms with E-state index in [-0.39, 0.29) is 11.4 Å². The molecule has 2 heterocycles. The van der Waals surface area contributed by atoms with Gasteiger partial charge in [-0.25, -0.2) is 4.79 Å². The van der Waals surface area contributed by atoms with Crippen LogP contribution < -0.4 is 0 Å². The summed E-state index contributed by atoms with van der Waals surface area (Å²) in [6.45, 7) is 1.83. The lowest BCUT2D eigenvalue weighted by molar-refractivity contribution is -0.384. The van der Waals surface area contributed by atoms with E-state index >= 15 is 0 Å². The Labute approximate surface area is 114 Å². The predicted octanol–water partition coefficient (Wildman–Crippen LogP) is 1.01. The van der Waals surface area contributed by atoms with Crippen molar-refractivity contribution in [3.8, 4) is 0 Å². The van der Waals surface area contributed by atoms with E-state index in [1.807, 2.05) is 0 Å². The number of aliphatic carboxylic acids is 1. The van der Waals surface area contributed by atoms with Crippen LogP contribution in [-0.2, 0) is 11.8 Å². The summed E-state index contributed by atoms with van der Waals surface area (Å²) < 4.78 is 1.35. The second-order valence-corrected chi connectivity index (χ2v) is 5.09. The number of amides is 1. The minimum absolute atomic E-state index is 0.117. The molecule has 108 valence electrons. The smallest absolute Gasteiger partial charge is 0.329 e. The third kappa shape index (κ3) is 2.02. The number of hydrogen-bond acceptors (Lipinski definition) is 4. The summed E-state index contributed by atoms with van der Waals surface area (Å²) in [5, 5.41) is 20.0. The van der Waals surface area contributed by atoms with Crippen molar-refractivity contribution >= 4 is 17.6 Å². The zero-order valence-electron chi connectivity index (χ0n) is 11.2. The molecular formula is C12H15N3O5. The minimum Gasteiger partial charge on any atom is -0.480 e. The molecule has 1 aliphatic rings. The van der Waals surface area contributed by atoms with Gasteiger partial charge in [-0.05, 0) is 19.8 Å². The van der Waals surface area contributed by atoms with Gasteiger partial charge in [0.05, 0.1) is 11.1 Å². The van der Waals surface area contributed by atoms with E-state index in [1.165, 1.54) is 35.7 Å². The summed E-state index contributed by atoms with van der Waals surface area (Å²) in [6, 6.07) is 1.17. The van der Waals surface area contributed by atoms with E-state index in [0.717, 1.165) is 0 Å². The molecule has 8 heteroatoms. The van der Waals surface area contributed by atoms with Gasteiger partial charge in [0.2, 0.25) is 0 Å². The molecule has 0 saturated carbocycles. The van der Waals surface area contributed by atoms with Crippen molar-refractivity contribution in [1.82, 2.24) is 9.47 Å². The molecule has 1 atom stereocenters. The molecule has 1 aromatic rings. The van der Waals surface area contributed by atoms with E-state index in [9.17, 15) is 24.8 Å². The fraction of sp³-hybridized carbons (Fsp3) is 0.500. The predicted molar refractivity (Wildman–Crippen MR) is 68.4 cm³/mol. The maximum Gasteiger partial charge on any atom is 0.329 e. The van der Waals surface area contributed by atoms with Crippen LogP contribution in [-0.4, -0.2) is 43.5 Å². The fourth-order valence-electron chi connectivity index (χ4n) is 2.51. The van der Waals surface area contributed by atoms with Crippen molar-refractivity contribution < 1.29 is 19.6 Å². The van der Waals surface area contributed by atoms with Gasteiger partial charge in [-0.3, -0.25) is 14.9 Å². The second-order valence-electron chi connectivity index (χ2n) is 5.09. The Morgan fingerprint density at radius 2 is 2.15 bits per heavy atom. The number of rotatable bonds is 3. The Morgan fingerprint density at radius 3 is 2.65 bits per heavy atom. The number of likely N-dealkylation sites (tertiary alicyclic amines) is 1. The Hall–Kier alpha value is -2.38. The zero-order chi connectivity index (χ0) is 15.1. The lowest BCUT2D eigenvalue weighted by Crippen LogP contribution is -2.51. The molecule has 1 aromatic heterocycles. The number of aryl methyl sites for hydroxylation is 1. The highest BCUT2D eigenvalue weighted by Crippen LogP contribution is 2.31. The largest absolute Gasteiger partial charge is 0.480 e. The summed E-state index contributed by atoms with van der Waals surface area (Å²) in [5.41, 5.74) is -1.32. The molecule has 0 aromatic carbocycles. The van der Waals surface area contributed by atoms with Gasteiger partial charge in [-0.1, -0.05) is 0 Å². The van der Waals surface area contributed by atoms with Gasteiger partial charge in [-0.2, -0.15) is 0 Å². The van der Waals surface area contributed by atoms with Crippen LogP contribution in [0, 0.1) is 10.1 Å². The van der Waals surface area contributed by atoms with Crippen LogP contribution in [0.4, 0.5) is 5.69 Å². The quantitative estimate of drug-likeness (QED) is 0.657. The normalized spacial score (nSPS) is 22.0. The molecule has 2 rings (SSSR count). The fourth-order valence-corrected chi connectivity index (χ4v) is 2.51. The van der Waals surface area contributed by atoms with E-state index < -0.39 is 22.3 Å². The number of aromatic nitrogens is 1. The lowest BCUT2D eigenvalue weighted by Gasteiger charge is -2.31. The molecule has 1 aliphatic heterocycles. The standard InChI is InChI=1S/C12H15N3O5/c1-12(11(17)18)4-3-5-14(12)10(16)9-6-8(15(19)20)7-13(9)2/h6-7H,3-5H2,1-2H3,(H,17,18). The van der Waals surface area contributed by atoms with Gasteiger partial charge in [-0.15, -0.1) is 0 Å². The Bertz CT molecular complexity index is 594. The second kappa shape index (κ2) is 4.62. The number of carboxylic acid groups (broad SMARTS) is 1. The Kier molecular flexibility index (Phi) is 3.24. The molecule has 0 bridgehead atoms. The van der Waals surface area contributed by atoms with Crippen LogP contribution in [0.5, 0.6) is 0 Å². The number of carbonyl (C=O) groups is 2. The molecule has 1 saturated heterocycles. The molecule has 20 heavy (non-hydrogen) atoms. The first-order valence-electron chi connectivity index (χ1n) is 6.13.